The lowest BCUT2D eigenvalue weighted by Gasteiger charge is -2.14. The van der Waals surface area contributed by atoms with E-state index in [9.17, 15) is 12.8 Å². The van der Waals surface area contributed by atoms with Crippen LogP contribution >= 0.6 is 0 Å². The molecule has 1 heterocycles. The zero-order valence-electron chi connectivity index (χ0n) is 9.35. The van der Waals surface area contributed by atoms with Gasteiger partial charge < -0.3 is 0 Å². The molecule has 0 aromatic carbocycles. The molecule has 92 valence electrons. The molecule has 1 atom stereocenters. The van der Waals surface area contributed by atoms with Crippen LogP contribution in [0.4, 0.5) is 4.39 Å². The maximum Gasteiger partial charge on any atom is 0.242 e. The summed E-state index contributed by atoms with van der Waals surface area (Å²) in [5.41, 5.74) is 0. The molecule has 0 spiro atoms. The lowest BCUT2D eigenvalue weighted by molar-refractivity contribution is 0.541. The second kappa shape index (κ2) is 5.75. The molecule has 1 aromatic rings. The van der Waals surface area contributed by atoms with Crippen LogP contribution in [0.1, 0.15) is 19.8 Å². The number of rotatable bonds is 5. The molecule has 0 saturated heterocycles. The van der Waals surface area contributed by atoms with E-state index < -0.39 is 15.8 Å². The number of nitrogens with one attached hydrogen (secondary N) is 1. The lowest BCUT2D eigenvalue weighted by Crippen LogP contribution is -2.34. The SMILES string of the molecule is C#CCC(CC)NS(=O)(=O)c1cncc(F)c1. The molecule has 0 bridgehead atoms. The van der Waals surface area contributed by atoms with Crippen LogP contribution in [-0.2, 0) is 10.0 Å². The van der Waals surface area contributed by atoms with Crippen molar-refractivity contribution in [3.63, 3.8) is 0 Å². The highest BCUT2D eigenvalue weighted by atomic mass is 32.2. The van der Waals surface area contributed by atoms with Gasteiger partial charge >= 0.3 is 0 Å². The summed E-state index contributed by atoms with van der Waals surface area (Å²) in [6.45, 7) is 1.81. The predicted molar refractivity (Wildman–Crippen MR) is 62.0 cm³/mol. The molecule has 17 heavy (non-hydrogen) atoms. The number of sulfonamides is 1. The van der Waals surface area contributed by atoms with Crippen molar-refractivity contribution in [3.8, 4) is 12.3 Å². The highest BCUT2D eigenvalue weighted by molar-refractivity contribution is 7.89. The number of hydrogen-bond donors (Lipinski definition) is 1. The minimum Gasteiger partial charge on any atom is -0.260 e. The van der Waals surface area contributed by atoms with Crippen molar-refractivity contribution in [1.29, 1.82) is 0 Å². The molecule has 0 aliphatic heterocycles. The van der Waals surface area contributed by atoms with Gasteiger partial charge in [-0.1, -0.05) is 6.92 Å². The fourth-order valence-corrected chi connectivity index (χ4v) is 2.53. The second-order valence-corrected chi connectivity index (χ2v) is 5.19. The van der Waals surface area contributed by atoms with Crippen LogP contribution in [0.2, 0.25) is 0 Å². The Morgan fingerprint density at radius 2 is 2.29 bits per heavy atom. The van der Waals surface area contributed by atoms with Crippen molar-refractivity contribution in [2.45, 2.75) is 30.7 Å². The quantitative estimate of drug-likeness (QED) is 0.808. The average molecular weight is 256 g/mol. The summed E-state index contributed by atoms with van der Waals surface area (Å²) in [7, 11) is -3.76. The highest BCUT2D eigenvalue weighted by Gasteiger charge is 2.19. The number of hydrogen-bond acceptors (Lipinski definition) is 3. The van der Waals surface area contributed by atoms with E-state index in [1.54, 1.807) is 0 Å². The fourth-order valence-electron chi connectivity index (χ4n) is 1.24. The summed E-state index contributed by atoms with van der Waals surface area (Å²) in [6.07, 6.45) is 8.01. The van der Waals surface area contributed by atoms with Crippen LogP contribution in [0, 0.1) is 18.2 Å². The molecule has 0 aliphatic carbocycles. The minimum absolute atomic E-state index is 0.201. The normalized spacial score (nSPS) is 13.0. The number of aromatic nitrogens is 1. The minimum atomic E-state index is -3.76. The Morgan fingerprint density at radius 3 is 2.82 bits per heavy atom. The molecule has 1 rings (SSSR count). The standard InChI is InChI=1S/C11H13FN2O2S/c1-3-5-10(4-2)14-17(15,16)11-6-9(12)7-13-8-11/h1,6-8,10,14H,4-5H2,2H3. The summed E-state index contributed by atoms with van der Waals surface area (Å²) in [5.74, 6) is 1.69. The van der Waals surface area contributed by atoms with Crippen LogP contribution in [0.3, 0.4) is 0 Å². The van der Waals surface area contributed by atoms with Gasteiger partial charge in [-0.25, -0.2) is 17.5 Å². The monoisotopic (exact) mass is 256 g/mol. The topological polar surface area (TPSA) is 59.1 Å². The molecule has 0 saturated carbocycles. The van der Waals surface area contributed by atoms with Gasteiger partial charge in [0.25, 0.3) is 0 Å². The molecule has 0 aliphatic rings. The third kappa shape index (κ3) is 3.80. The van der Waals surface area contributed by atoms with Gasteiger partial charge in [0.15, 0.2) is 0 Å². The molecule has 6 heteroatoms. The molecule has 1 unspecified atom stereocenters. The van der Waals surface area contributed by atoms with E-state index in [2.05, 4.69) is 15.6 Å². The molecule has 1 N–H and O–H groups in total. The van der Waals surface area contributed by atoms with E-state index in [1.807, 2.05) is 6.92 Å². The zero-order chi connectivity index (χ0) is 12.9. The van der Waals surface area contributed by atoms with E-state index in [1.165, 1.54) is 0 Å². The summed E-state index contributed by atoms with van der Waals surface area (Å²) in [6, 6.07) is 0.561. The first-order valence-corrected chi connectivity index (χ1v) is 6.54. The van der Waals surface area contributed by atoms with Crippen molar-refractivity contribution in [1.82, 2.24) is 9.71 Å². The van der Waals surface area contributed by atoms with Crippen LogP contribution < -0.4 is 4.72 Å². The summed E-state index contributed by atoms with van der Waals surface area (Å²) in [4.78, 5) is 3.29. The van der Waals surface area contributed by atoms with Crippen LogP contribution in [0.25, 0.3) is 0 Å². The van der Waals surface area contributed by atoms with E-state index in [0.717, 1.165) is 18.5 Å². The van der Waals surface area contributed by atoms with Crippen molar-refractivity contribution in [3.05, 3.63) is 24.3 Å². The van der Waals surface area contributed by atoms with Crippen LogP contribution in [-0.4, -0.2) is 19.4 Å². The Labute approximate surface area is 100 Å². The van der Waals surface area contributed by atoms with Crippen molar-refractivity contribution in [2.75, 3.05) is 0 Å². The largest absolute Gasteiger partial charge is 0.260 e. The summed E-state index contributed by atoms with van der Waals surface area (Å²) >= 11 is 0. The van der Waals surface area contributed by atoms with Gasteiger partial charge in [-0.05, 0) is 12.5 Å². The molecule has 4 nitrogen and oxygen atoms in total. The highest BCUT2D eigenvalue weighted by Crippen LogP contribution is 2.10. The van der Waals surface area contributed by atoms with Gasteiger partial charge in [-0.3, -0.25) is 4.98 Å². The Morgan fingerprint density at radius 1 is 1.59 bits per heavy atom. The second-order valence-electron chi connectivity index (χ2n) is 3.47. The molecule has 0 amide bonds. The maximum absolute atomic E-state index is 12.9. The first kappa shape index (κ1) is 13.6. The number of terminal acetylenes is 1. The maximum atomic E-state index is 12.9. The van der Waals surface area contributed by atoms with Crippen molar-refractivity contribution >= 4 is 10.0 Å². The van der Waals surface area contributed by atoms with Gasteiger partial charge in [0.2, 0.25) is 10.0 Å². The third-order valence-electron chi connectivity index (χ3n) is 2.17. The molecule has 0 radical (unpaired) electrons. The van der Waals surface area contributed by atoms with Crippen LogP contribution in [0.15, 0.2) is 23.4 Å². The van der Waals surface area contributed by atoms with Gasteiger partial charge in [0.1, 0.15) is 10.7 Å². The fraction of sp³-hybridized carbons (Fsp3) is 0.364. The van der Waals surface area contributed by atoms with Crippen LogP contribution in [0.5, 0.6) is 0 Å². The Hall–Kier alpha value is -1.45. The van der Waals surface area contributed by atoms with E-state index in [0.29, 0.717) is 12.8 Å². The number of nitrogens with zero attached hydrogens (tertiary/aromatic N) is 1. The third-order valence-corrected chi connectivity index (χ3v) is 3.66. The summed E-state index contributed by atoms with van der Waals surface area (Å²) < 4.78 is 39.0. The first-order valence-electron chi connectivity index (χ1n) is 5.06. The van der Waals surface area contributed by atoms with Crippen molar-refractivity contribution < 1.29 is 12.8 Å². The first-order chi connectivity index (χ1) is 7.99. The van der Waals surface area contributed by atoms with E-state index in [-0.39, 0.29) is 10.9 Å². The van der Waals surface area contributed by atoms with Gasteiger partial charge in [-0.15, -0.1) is 12.3 Å². The lowest BCUT2D eigenvalue weighted by atomic mass is 10.2. The summed E-state index contributed by atoms with van der Waals surface area (Å²) in [5, 5.41) is 0. The smallest absolute Gasteiger partial charge is 0.242 e. The predicted octanol–water partition coefficient (Wildman–Crippen LogP) is 1.30. The molecular formula is C11H13FN2O2S. The molecule has 0 fully saturated rings. The van der Waals surface area contributed by atoms with E-state index in [4.69, 9.17) is 6.42 Å². The Balaban J connectivity index is 2.93. The van der Waals surface area contributed by atoms with Gasteiger partial charge in [-0.2, -0.15) is 0 Å². The Kier molecular flexibility index (Phi) is 4.61. The van der Waals surface area contributed by atoms with Gasteiger partial charge in [0.05, 0.1) is 6.20 Å². The molecule has 1 aromatic heterocycles. The number of halogens is 1. The average Bonchev–Trinajstić information content (AvgIpc) is 2.28. The van der Waals surface area contributed by atoms with E-state index >= 15 is 0 Å². The van der Waals surface area contributed by atoms with Crippen molar-refractivity contribution in [2.24, 2.45) is 0 Å². The molecular weight excluding hydrogens is 243 g/mol. The Bertz CT molecular complexity index is 523. The van der Waals surface area contributed by atoms with Gasteiger partial charge in [0, 0.05) is 18.7 Å². The zero-order valence-corrected chi connectivity index (χ0v) is 10.2. The number of pyridine rings is 1.